The van der Waals surface area contributed by atoms with E-state index in [1.165, 1.54) is 0 Å². The van der Waals surface area contributed by atoms with Gasteiger partial charge in [0.05, 0.1) is 17.2 Å². The van der Waals surface area contributed by atoms with Crippen LogP contribution in [-0.4, -0.2) is 21.6 Å². The minimum atomic E-state index is -3.53. The van der Waals surface area contributed by atoms with Gasteiger partial charge in [-0.25, -0.2) is 8.42 Å². The number of fused-ring (bicyclic) bond motifs is 2. The number of hydrogen-bond donors (Lipinski definition) is 0. The van der Waals surface area contributed by atoms with Gasteiger partial charge in [-0.15, -0.1) is 0 Å². The van der Waals surface area contributed by atoms with Crippen molar-refractivity contribution in [3.05, 3.63) is 53.6 Å². The number of rotatable bonds is 2. The molecule has 2 aromatic rings. The predicted molar refractivity (Wildman–Crippen MR) is 89.6 cm³/mol. The third kappa shape index (κ3) is 2.49. The lowest BCUT2D eigenvalue weighted by atomic mass is 10.0. The smallest absolute Gasteiger partial charge is 0.264 e. The molecule has 0 bridgehead atoms. The average Bonchev–Trinajstić information content (AvgIpc) is 2.60. The topological polar surface area (TPSA) is 46.6 Å². The van der Waals surface area contributed by atoms with E-state index in [1.54, 1.807) is 22.5 Å². The Morgan fingerprint density at radius 1 is 0.957 bits per heavy atom. The van der Waals surface area contributed by atoms with Gasteiger partial charge in [-0.05, 0) is 61.1 Å². The summed E-state index contributed by atoms with van der Waals surface area (Å²) in [6, 6.07) is 13.0. The molecule has 120 valence electrons. The number of ether oxygens (including phenoxy) is 1. The van der Waals surface area contributed by atoms with Gasteiger partial charge in [0.2, 0.25) is 0 Å². The Bertz CT molecular complexity index is 845. The van der Waals surface area contributed by atoms with Crippen LogP contribution in [0.4, 0.5) is 5.69 Å². The van der Waals surface area contributed by atoms with Crippen molar-refractivity contribution in [1.82, 2.24) is 0 Å². The lowest BCUT2D eigenvalue weighted by Gasteiger charge is -2.30. The summed E-state index contributed by atoms with van der Waals surface area (Å²) in [5.74, 6) is 0.814. The van der Waals surface area contributed by atoms with E-state index in [4.69, 9.17) is 4.74 Å². The quantitative estimate of drug-likeness (QED) is 0.850. The fourth-order valence-corrected chi connectivity index (χ4v) is 4.97. The molecule has 0 saturated heterocycles. The summed E-state index contributed by atoms with van der Waals surface area (Å²) in [6.45, 7) is 1.24. The standard InChI is InChI=1S/C18H19NO3S/c20-23(21,16-9-10-18-15(13-16)7-4-12-22-18)19-11-3-6-14-5-1-2-8-17(14)19/h1-2,5,8-10,13H,3-4,6-7,11-12H2. The Morgan fingerprint density at radius 2 is 1.78 bits per heavy atom. The van der Waals surface area contributed by atoms with Crippen LogP contribution in [-0.2, 0) is 22.9 Å². The van der Waals surface area contributed by atoms with Crippen molar-refractivity contribution in [2.45, 2.75) is 30.6 Å². The molecule has 0 spiro atoms. The average molecular weight is 329 g/mol. The molecule has 23 heavy (non-hydrogen) atoms. The van der Waals surface area contributed by atoms with E-state index < -0.39 is 10.0 Å². The molecule has 0 atom stereocenters. The van der Waals surface area contributed by atoms with Gasteiger partial charge in [0.25, 0.3) is 10.0 Å². The van der Waals surface area contributed by atoms with Gasteiger partial charge in [0, 0.05) is 6.54 Å². The second kappa shape index (κ2) is 5.57. The zero-order valence-corrected chi connectivity index (χ0v) is 13.7. The molecule has 0 aromatic heterocycles. The highest BCUT2D eigenvalue weighted by Gasteiger charge is 2.29. The van der Waals surface area contributed by atoms with Gasteiger partial charge in [-0.2, -0.15) is 0 Å². The highest BCUT2D eigenvalue weighted by Crippen LogP contribution is 2.34. The number of aryl methyl sites for hydroxylation is 2. The summed E-state index contributed by atoms with van der Waals surface area (Å²) in [7, 11) is -3.53. The molecule has 5 heteroatoms. The summed E-state index contributed by atoms with van der Waals surface area (Å²) in [5, 5.41) is 0. The lowest BCUT2D eigenvalue weighted by molar-refractivity contribution is 0.288. The molecule has 4 rings (SSSR count). The molecule has 0 fully saturated rings. The van der Waals surface area contributed by atoms with E-state index in [1.807, 2.05) is 24.3 Å². The molecule has 2 aliphatic heterocycles. The third-order valence-electron chi connectivity index (χ3n) is 4.54. The Hall–Kier alpha value is -2.01. The predicted octanol–water partition coefficient (Wildman–Crippen LogP) is 3.15. The number of hydrogen-bond acceptors (Lipinski definition) is 3. The number of anilines is 1. The molecule has 4 nitrogen and oxygen atoms in total. The van der Waals surface area contributed by atoms with Crippen molar-refractivity contribution in [3.8, 4) is 5.75 Å². The number of nitrogens with zero attached hydrogens (tertiary/aromatic N) is 1. The third-order valence-corrected chi connectivity index (χ3v) is 6.34. The normalized spacial score (nSPS) is 17.1. The second-order valence-electron chi connectivity index (χ2n) is 6.03. The van der Waals surface area contributed by atoms with E-state index in [0.717, 1.165) is 48.2 Å². The van der Waals surface area contributed by atoms with Gasteiger partial charge >= 0.3 is 0 Å². The molecule has 0 radical (unpaired) electrons. The van der Waals surface area contributed by atoms with Gasteiger partial charge in [0.1, 0.15) is 5.75 Å². The zero-order valence-electron chi connectivity index (χ0n) is 12.9. The molecule has 2 aliphatic rings. The fraction of sp³-hybridized carbons (Fsp3) is 0.333. The van der Waals surface area contributed by atoms with Crippen molar-refractivity contribution in [2.75, 3.05) is 17.5 Å². The highest BCUT2D eigenvalue weighted by atomic mass is 32.2. The molecule has 2 heterocycles. The van der Waals surface area contributed by atoms with Gasteiger partial charge in [-0.3, -0.25) is 4.31 Å². The summed E-state index contributed by atoms with van der Waals surface area (Å²) in [5.41, 5.74) is 2.90. The maximum Gasteiger partial charge on any atom is 0.264 e. The Labute approximate surface area is 136 Å². The van der Waals surface area contributed by atoms with Gasteiger partial charge < -0.3 is 4.74 Å². The summed E-state index contributed by atoms with van der Waals surface area (Å²) in [4.78, 5) is 0.360. The van der Waals surface area contributed by atoms with Crippen LogP contribution in [0.2, 0.25) is 0 Å². The van der Waals surface area contributed by atoms with Gasteiger partial charge in [0.15, 0.2) is 0 Å². The van der Waals surface area contributed by atoms with Crippen LogP contribution in [0.3, 0.4) is 0 Å². The van der Waals surface area contributed by atoms with Crippen molar-refractivity contribution < 1.29 is 13.2 Å². The van der Waals surface area contributed by atoms with E-state index >= 15 is 0 Å². The van der Waals surface area contributed by atoms with E-state index in [0.29, 0.717) is 18.0 Å². The van der Waals surface area contributed by atoms with Crippen LogP contribution < -0.4 is 9.04 Å². The second-order valence-corrected chi connectivity index (χ2v) is 7.89. The first kappa shape index (κ1) is 14.6. The molecule has 0 N–H and O–H groups in total. The van der Waals surface area contributed by atoms with Crippen LogP contribution in [0.1, 0.15) is 24.0 Å². The first-order valence-corrected chi connectivity index (χ1v) is 9.47. The van der Waals surface area contributed by atoms with Crippen LogP contribution in [0, 0.1) is 0 Å². The Morgan fingerprint density at radius 3 is 2.70 bits per heavy atom. The minimum Gasteiger partial charge on any atom is -0.493 e. The SMILES string of the molecule is O=S(=O)(c1ccc2c(c1)CCCO2)N1CCCc2ccccc21. The van der Waals surface area contributed by atoms with Crippen LogP contribution in [0.25, 0.3) is 0 Å². The summed E-state index contributed by atoms with van der Waals surface area (Å²) >= 11 is 0. The van der Waals surface area contributed by atoms with Crippen LogP contribution in [0.5, 0.6) is 5.75 Å². The molecule has 2 aromatic carbocycles. The fourth-order valence-electron chi connectivity index (χ4n) is 3.37. The van der Waals surface area contributed by atoms with E-state index in [-0.39, 0.29) is 0 Å². The maximum atomic E-state index is 13.1. The Balaban J connectivity index is 1.77. The van der Waals surface area contributed by atoms with E-state index in [2.05, 4.69) is 0 Å². The largest absolute Gasteiger partial charge is 0.493 e. The van der Waals surface area contributed by atoms with Crippen molar-refractivity contribution in [1.29, 1.82) is 0 Å². The van der Waals surface area contributed by atoms with Crippen LogP contribution in [0.15, 0.2) is 47.4 Å². The number of para-hydroxylation sites is 1. The van der Waals surface area contributed by atoms with Crippen molar-refractivity contribution >= 4 is 15.7 Å². The molecule has 0 saturated carbocycles. The maximum absolute atomic E-state index is 13.1. The lowest BCUT2D eigenvalue weighted by Crippen LogP contribution is -2.35. The van der Waals surface area contributed by atoms with E-state index in [9.17, 15) is 8.42 Å². The summed E-state index contributed by atoms with van der Waals surface area (Å²) < 4.78 is 33.4. The molecule has 0 amide bonds. The first-order chi connectivity index (χ1) is 11.2. The first-order valence-electron chi connectivity index (χ1n) is 8.03. The number of benzene rings is 2. The van der Waals surface area contributed by atoms with Crippen molar-refractivity contribution in [3.63, 3.8) is 0 Å². The zero-order chi connectivity index (χ0) is 15.9. The summed E-state index contributed by atoms with van der Waals surface area (Å²) in [6.07, 6.45) is 3.59. The Kier molecular flexibility index (Phi) is 3.53. The monoisotopic (exact) mass is 329 g/mol. The van der Waals surface area contributed by atoms with Gasteiger partial charge in [-0.1, -0.05) is 18.2 Å². The van der Waals surface area contributed by atoms with Crippen LogP contribution >= 0.6 is 0 Å². The molecule has 0 aliphatic carbocycles. The van der Waals surface area contributed by atoms with Crippen molar-refractivity contribution in [2.24, 2.45) is 0 Å². The highest BCUT2D eigenvalue weighted by molar-refractivity contribution is 7.92. The molecular weight excluding hydrogens is 310 g/mol. The number of sulfonamides is 1. The molecular formula is C18H19NO3S. The molecule has 0 unspecified atom stereocenters. The minimum absolute atomic E-state index is 0.360.